The summed E-state index contributed by atoms with van der Waals surface area (Å²) >= 11 is 0. The number of aryl methyl sites for hydroxylation is 1. The number of pyridine rings is 1. The Morgan fingerprint density at radius 3 is 2.36 bits per heavy atom. The minimum absolute atomic E-state index is 0.311. The minimum atomic E-state index is -0.311. The van der Waals surface area contributed by atoms with Gasteiger partial charge in [0.1, 0.15) is 0 Å². The summed E-state index contributed by atoms with van der Waals surface area (Å²) in [6.07, 6.45) is 3.27. The smallest absolute Gasteiger partial charge is 0.259 e. The van der Waals surface area contributed by atoms with Gasteiger partial charge in [-0.15, -0.1) is 0 Å². The molecule has 0 aliphatic rings. The van der Waals surface area contributed by atoms with Gasteiger partial charge in [0.15, 0.2) is 11.5 Å². The molecule has 116 valence electrons. The lowest BCUT2D eigenvalue weighted by atomic mass is 10.1. The van der Waals surface area contributed by atoms with Crippen LogP contribution < -0.4 is 19.5 Å². The van der Waals surface area contributed by atoms with Crippen molar-refractivity contribution in [2.45, 2.75) is 6.92 Å². The normalized spacial score (nSPS) is 10.0. The molecule has 0 saturated heterocycles. The van der Waals surface area contributed by atoms with Crippen molar-refractivity contribution in [1.82, 2.24) is 4.98 Å². The Bertz CT molecular complexity index is 686. The van der Waals surface area contributed by atoms with Crippen LogP contribution in [0.5, 0.6) is 17.2 Å². The Labute approximate surface area is 129 Å². The number of nitrogens with one attached hydrogen (secondary N) is 1. The van der Waals surface area contributed by atoms with Gasteiger partial charge in [-0.2, -0.15) is 0 Å². The number of carbonyl (C=O) groups excluding carboxylic acids is 1. The molecule has 0 unspecified atom stereocenters. The first-order valence-corrected chi connectivity index (χ1v) is 6.63. The maximum absolute atomic E-state index is 12.5. The number of hydrogen-bond donors (Lipinski definition) is 1. The summed E-state index contributed by atoms with van der Waals surface area (Å²) in [7, 11) is 4.49. The van der Waals surface area contributed by atoms with Gasteiger partial charge >= 0.3 is 0 Å². The molecule has 0 radical (unpaired) electrons. The lowest BCUT2D eigenvalue weighted by molar-refractivity contribution is 0.102. The van der Waals surface area contributed by atoms with Crippen molar-refractivity contribution in [1.29, 1.82) is 0 Å². The van der Waals surface area contributed by atoms with E-state index in [1.807, 2.05) is 13.0 Å². The molecule has 0 bridgehead atoms. The van der Waals surface area contributed by atoms with Gasteiger partial charge < -0.3 is 19.5 Å². The van der Waals surface area contributed by atoms with E-state index in [1.165, 1.54) is 21.3 Å². The van der Waals surface area contributed by atoms with E-state index < -0.39 is 0 Å². The molecular weight excluding hydrogens is 284 g/mol. The first-order valence-electron chi connectivity index (χ1n) is 6.63. The van der Waals surface area contributed by atoms with E-state index in [2.05, 4.69) is 10.3 Å². The number of nitrogens with zero attached hydrogens (tertiary/aromatic N) is 1. The highest BCUT2D eigenvalue weighted by Gasteiger charge is 2.21. The maximum Gasteiger partial charge on any atom is 0.259 e. The number of methoxy groups -OCH3 is 3. The number of rotatable bonds is 5. The number of amides is 1. The second-order valence-electron chi connectivity index (χ2n) is 4.53. The number of carbonyl (C=O) groups is 1. The molecule has 1 amide bonds. The third kappa shape index (κ3) is 2.95. The van der Waals surface area contributed by atoms with Crippen molar-refractivity contribution < 1.29 is 19.0 Å². The quantitative estimate of drug-likeness (QED) is 0.919. The lowest BCUT2D eigenvalue weighted by Gasteiger charge is -2.15. The Morgan fingerprint density at radius 1 is 1.05 bits per heavy atom. The van der Waals surface area contributed by atoms with Crippen LogP contribution in [-0.2, 0) is 0 Å². The second-order valence-corrected chi connectivity index (χ2v) is 4.53. The number of ether oxygens (including phenoxy) is 3. The van der Waals surface area contributed by atoms with Gasteiger partial charge in [0.05, 0.1) is 38.8 Å². The van der Waals surface area contributed by atoms with Crippen molar-refractivity contribution in [3.8, 4) is 17.2 Å². The van der Waals surface area contributed by atoms with Crippen LogP contribution in [0.3, 0.4) is 0 Å². The van der Waals surface area contributed by atoms with Crippen LogP contribution in [0.2, 0.25) is 0 Å². The lowest BCUT2D eigenvalue weighted by Crippen LogP contribution is -2.14. The number of anilines is 1. The molecule has 2 aromatic rings. The van der Waals surface area contributed by atoms with Crippen LogP contribution in [0.1, 0.15) is 15.9 Å². The molecule has 0 saturated carbocycles. The van der Waals surface area contributed by atoms with Crippen LogP contribution in [0.4, 0.5) is 5.69 Å². The number of hydrogen-bond acceptors (Lipinski definition) is 5. The summed E-state index contributed by atoms with van der Waals surface area (Å²) < 4.78 is 15.8. The average molecular weight is 302 g/mol. The highest BCUT2D eigenvalue weighted by atomic mass is 16.5. The van der Waals surface area contributed by atoms with E-state index in [0.29, 0.717) is 28.5 Å². The van der Waals surface area contributed by atoms with Crippen molar-refractivity contribution >= 4 is 11.6 Å². The molecule has 2 rings (SSSR count). The van der Waals surface area contributed by atoms with E-state index in [-0.39, 0.29) is 5.91 Å². The zero-order valence-corrected chi connectivity index (χ0v) is 13.0. The molecule has 6 heteroatoms. The van der Waals surface area contributed by atoms with Gasteiger partial charge in [-0.05, 0) is 30.7 Å². The van der Waals surface area contributed by atoms with Crippen molar-refractivity contribution in [2.75, 3.05) is 26.6 Å². The van der Waals surface area contributed by atoms with Crippen molar-refractivity contribution in [3.05, 3.63) is 41.7 Å². The third-order valence-electron chi connectivity index (χ3n) is 3.24. The van der Waals surface area contributed by atoms with Crippen LogP contribution in [-0.4, -0.2) is 32.2 Å². The highest BCUT2D eigenvalue weighted by Crippen LogP contribution is 2.39. The number of aromatic nitrogens is 1. The fourth-order valence-corrected chi connectivity index (χ4v) is 2.06. The Kier molecular flexibility index (Phi) is 4.83. The number of benzene rings is 1. The fraction of sp³-hybridized carbons (Fsp3) is 0.250. The van der Waals surface area contributed by atoms with E-state index in [9.17, 15) is 4.79 Å². The Hall–Kier alpha value is -2.76. The predicted octanol–water partition coefficient (Wildman–Crippen LogP) is 2.67. The summed E-state index contributed by atoms with van der Waals surface area (Å²) in [4.78, 5) is 16.5. The summed E-state index contributed by atoms with van der Waals surface area (Å²) in [6, 6.07) is 5.11. The van der Waals surface area contributed by atoms with Gasteiger partial charge in [-0.3, -0.25) is 9.78 Å². The van der Waals surface area contributed by atoms with Gasteiger partial charge in [-0.25, -0.2) is 0 Å². The Morgan fingerprint density at radius 2 is 1.77 bits per heavy atom. The minimum Gasteiger partial charge on any atom is -0.493 e. The van der Waals surface area contributed by atoms with Crippen LogP contribution in [0.25, 0.3) is 0 Å². The van der Waals surface area contributed by atoms with Gasteiger partial charge in [0, 0.05) is 6.20 Å². The molecule has 0 spiro atoms. The molecule has 1 N–H and O–H groups in total. The molecule has 0 aliphatic heterocycles. The first-order chi connectivity index (χ1) is 10.6. The molecule has 0 atom stereocenters. The van der Waals surface area contributed by atoms with Crippen molar-refractivity contribution in [2.24, 2.45) is 0 Å². The van der Waals surface area contributed by atoms with E-state index in [1.54, 1.807) is 24.5 Å². The maximum atomic E-state index is 12.5. The summed E-state index contributed by atoms with van der Waals surface area (Å²) in [5.41, 5.74) is 1.91. The molecule has 0 aliphatic carbocycles. The predicted molar refractivity (Wildman–Crippen MR) is 83.0 cm³/mol. The summed E-state index contributed by atoms with van der Waals surface area (Å²) in [6.45, 7) is 1.89. The fourth-order valence-electron chi connectivity index (χ4n) is 2.06. The SMILES string of the molecule is COc1ccc(C(=O)Nc2cnccc2C)c(OC)c1OC. The van der Waals surface area contributed by atoms with Gasteiger partial charge in [0.2, 0.25) is 5.75 Å². The van der Waals surface area contributed by atoms with E-state index in [4.69, 9.17) is 14.2 Å². The largest absolute Gasteiger partial charge is 0.493 e. The average Bonchev–Trinajstić information content (AvgIpc) is 2.55. The zero-order valence-electron chi connectivity index (χ0n) is 13.0. The first kappa shape index (κ1) is 15.6. The zero-order chi connectivity index (χ0) is 16.1. The molecule has 6 nitrogen and oxygen atoms in total. The standard InChI is InChI=1S/C16H18N2O4/c1-10-7-8-17-9-12(10)18-16(19)11-5-6-13(20-2)15(22-4)14(11)21-3/h5-9H,1-4H3,(H,18,19). The van der Waals surface area contributed by atoms with E-state index >= 15 is 0 Å². The monoisotopic (exact) mass is 302 g/mol. The molecule has 1 heterocycles. The van der Waals surface area contributed by atoms with Crippen molar-refractivity contribution in [3.63, 3.8) is 0 Å². The summed E-state index contributed by atoms with van der Waals surface area (Å²) in [5, 5.41) is 2.81. The molecule has 1 aromatic heterocycles. The van der Waals surface area contributed by atoms with E-state index in [0.717, 1.165) is 5.56 Å². The van der Waals surface area contributed by atoms with Crippen LogP contribution in [0, 0.1) is 6.92 Å². The second kappa shape index (κ2) is 6.80. The van der Waals surface area contributed by atoms with Gasteiger partial charge in [0.25, 0.3) is 5.91 Å². The van der Waals surface area contributed by atoms with Gasteiger partial charge in [-0.1, -0.05) is 0 Å². The molecular formula is C16H18N2O4. The molecule has 0 fully saturated rings. The topological polar surface area (TPSA) is 69.7 Å². The van der Waals surface area contributed by atoms with Crippen LogP contribution >= 0.6 is 0 Å². The summed E-state index contributed by atoms with van der Waals surface area (Å²) in [5.74, 6) is 0.879. The third-order valence-corrected chi connectivity index (χ3v) is 3.24. The molecule has 1 aromatic carbocycles. The highest BCUT2D eigenvalue weighted by molar-refractivity contribution is 6.07. The Balaban J connectivity index is 2.40. The van der Waals surface area contributed by atoms with Crippen LogP contribution in [0.15, 0.2) is 30.6 Å². The molecule has 22 heavy (non-hydrogen) atoms.